The molecule has 18 heavy (non-hydrogen) atoms. The lowest BCUT2D eigenvalue weighted by Crippen LogP contribution is -2.25. The molecule has 0 aromatic carbocycles. The lowest BCUT2D eigenvalue weighted by atomic mass is 9.70. The summed E-state index contributed by atoms with van der Waals surface area (Å²) in [5.41, 5.74) is 1.44. The maximum Gasteiger partial charge on any atom is 0.0388 e. The minimum absolute atomic E-state index is 0.0668. The fraction of sp³-hybridized carbons (Fsp3) is 0.706. The molecular formula is C17H31N. The van der Waals surface area contributed by atoms with Crippen molar-refractivity contribution in [3.63, 3.8) is 0 Å². The van der Waals surface area contributed by atoms with Crippen LogP contribution in [0, 0.1) is 10.8 Å². The largest absolute Gasteiger partial charge is 0.261 e. The van der Waals surface area contributed by atoms with E-state index in [0.29, 0.717) is 5.41 Å². The van der Waals surface area contributed by atoms with Crippen LogP contribution in [0.2, 0.25) is 0 Å². The summed E-state index contributed by atoms with van der Waals surface area (Å²) >= 11 is 0. The molecule has 0 heterocycles. The summed E-state index contributed by atoms with van der Waals surface area (Å²) in [6.45, 7) is 17.7. The molecule has 0 aromatic rings. The number of aliphatic imine (C=N–C) groups is 1. The summed E-state index contributed by atoms with van der Waals surface area (Å²) < 4.78 is 0. The Morgan fingerprint density at radius 2 is 1.67 bits per heavy atom. The Bertz CT molecular complexity index is 304. The van der Waals surface area contributed by atoms with Gasteiger partial charge in [-0.25, -0.2) is 0 Å². The first-order chi connectivity index (χ1) is 8.31. The van der Waals surface area contributed by atoms with Crippen molar-refractivity contribution < 1.29 is 0 Å². The van der Waals surface area contributed by atoms with Gasteiger partial charge in [-0.15, -0.1) is 0 Å². The molecule has 0 rings (SSSR count). The van der Waals surface area contributed by atoms with Crippen LogP contribution in [0.25, 0.3) is 0 Å². The standard InChI is InChI=1S/C17H31N/c1-8-11-12-13-18-15(4)16(5,6)14-17(7,9-2)10-3/h11-13H,4,8-10,14H2,1-3,5-7H3/b12-11-,18-13-. The highest BCUT2D eigenvalue weighted by molar-refractivity contribution is 5.72. The van der Waals surface area contributed by atoms with Gasteiger partial charge in [0.2, 0.25) is 0 Å². The van der Waals surface area contributed by atoms with Gasteiger partial charge in [0.05, 0.1) is 0 Å². The van der Waals surface area contributed by atoms with Crippen LogP contribution in [-0.4, -0.2) is 6.21 Å². The Morgan fingerprint density at radius 1 is 1.11 bits per heavy atom. The summed E-state index contributed by atoms with van der Waals surface area (Å²) in [6.07, 6.45) is 10.6. The average Bonchev–Trinajstić information content (AvgIpc) is 2.33. The van der Waals surface area contributed by atoms with E-state index in [1.807, 2.05) is 12.3 Å². The van der Waals surface area contributed by atoms with E-state index in [1.54, 1.807) is 0 Å². The van der Waals surface area contributed by atoms with Crippen LogP contribution in [0.1, 0.15) is 67.2 Å². The van der Waals surface area contributed by atoms with E-state index >= 15 is 0 Å². The maximum atomic E-state index is 4.48. The molecule has 0 unspecified atom stereocenters. The second-order valence-electron chi connectivity index (χ2n) is 6.14. The summed E-state index contributed by atoms with van der Waals surface area (Å²) in [7, 11) is 0. The molecule has 0 bridgehead atoms. The van der Waals surface area contributed by atoms with Crippen molar-refractivity contribution in [3.05, 3.63) is 24.4 Å². The van der Waals surface area contributed by atoms with Gasteiger partial charge in [-0.3, -0.25) is 4.99 Å². The first-order valence-electron chi connectivity index (χ1n) is 7.20. The molecule has 1 nitrogen and oxygen atoms in total. The summed E-state index contributed by atoms with van der Waals surface area (Å²) in [5.74, 6) is 0. The highest BCUT2D eigenvalue weighted by Crippen LogP contribution is 2.42. The molecule has 1 heteroatoms. The highest BCUT2D eigenvalue weighted by Gasteiger charge is 2.31. The Morgan fingerprint density at radius 3 is 2.11 bits per heavy atom. The van der Waals surface area contributed by atoms with E-state index in [2.05, 4.69) is 59.2 Å². The fourth-order valence-corrected chi connectivity index (χ4v) is 2.17. The Kier molecular flexibility index (Phi) is 7.20. The van der Waals surface area contributed by atoms with Crippen LogP contribution in [-0.2, 0) is 0 Å². The van der Waals surface area contributed by atoms with Crippen LogP contribution >= 0.6 is 0 Å². The molecule has 0 amide bonds. The van der Waals surface area contributed by atoms with E-state index in [9.17, 15) is 0 Å². The summed E-state index contributed by atoms with van der Waals surface area (Å²) in [5, 5.41) is 0. The van der Waals surface area contributed by atoms with Crippen LogP contribution < -0.4 is 0 Å². The lowest BCUT2D eigenvalue weighted by Gasteiger charge is -2.36. The minimum atomic E-state index is 0.0668. The number of hydrogen-bond acceptors (Lipinski definition) is 1. The van der Waals surface area contributed by atoms with Gasteiger partial charge in [-0.05, 0) is 24.3 Å². The molecule has 0 N–H and O–H groups in total. The van der Waals surface area contributed by atoms with Crippen molar-refractivity contribution in [2.45, 2.75) is 67.2 Å². The van der Waals surface area contributed by atoms with Gasteiger partial charge >= 0.3 is 0 Å². The van der Waals surface area contributed by atoms with Gasteiger partial charge < -0.3 is 0 Å². The molecule has 0 aliphatic heterocycles. The van der Waals surface area contributed by atoms with Crippen LogP contribution in [0.4, 0.5) is 0 Å². The van der Waals surface area contributed by atoms with E-state index in [0.717, 1.165) is 18.5 Å². The monoisotopic (exact) mass is 249 g/mol. The molecule has 0 saturated heterocycles. The number of nitrogens with zero attached hydrogens (tertiary/aromatic N) is 1. The van der Waals surface area contributed by atoms with Crippen LogP contribution in [0.15, 0.2) is 29.4 Å². The predicted octanol–water partition coefficient (Wildman–Crippen LogP) is 5.78. The van der Waals surface area contributed by atoms with E-state index in [4.69, 9.17) is 0 Å². The first-order valence-corrected chi connectivity index (χ1v) is 7.20. The molecule has 0 aliphatic carbocycles. The molecule has 0 spiro atoms. The van der Waals surface area contributed by atoms with Crippen LogP contribution in [0.3, 0.4) is 0 Å². The summed E-state index contributed by atoms with van der Waals surface area (Å²) in [6, 6.07) is 0. The third-order valence-electron chi connectivity index (χ3n) is 4.05. The van der Waals surface area contributed by atoms with E-state index < -0.39 is 0 Å². The Hall–Kier alpha value is -0.850. The van der Waals surface area contributed by atoms with Crippen molar-refractivity contribution in [1.29, 1.82) is 0 Å². The van der Waals surface area contributed by atoms with Crippen molar-refractivity contribution in [2.75, 3.05) is 0 Å². The quantitative estimate of drug-likeness (QED) is 0.483. The minimum Gasteiger partial charge on any atom is -0.261 e. The van der Waals surface area contributed by atoms with Gasteiger partial charge in [0.25, 0.3) is 0 Å². The normalized spacial score (nSPS) is 13.7. The highest BCUT2D eigenvalue weighted by atomic mass is 14.8. The topological polar surface area (TPSA) is 12.4 Å². The summed E-state index contributed by atoms with van der Waals surface area (Å²) in [4.78, 5) is 4.48. The third-order valence-corrected chi connectivity index (χ3v) is 4.05. The zero-order valence-corrected chi connectivity index (χ0v) is 13.2. The van der Waals surface area contributed by atoms with Gasteiger partial charge in [-0.1, -0.05) is 67.0 Å². The second-order valence-corrected chi connectivity index (χ2v) is 6.14. The van der Waals surface area contributed by atoms with Gasteiger partial charge in [0.1, 0.15) is 0 Å². The van der Waals surface area contributed by atoms with Crippen molar-refractivity contribution in [1.82, 2.24) is 0 Å². The Labute approximate surface area is 114 Å². The molecule has 0 aromatic heterocycles. The average molecular weight is 249 g/mol. The fourth-order valence-electron chi connectivity index (χ4n) is 2.17. The van der Waals surface area contributed by atoms with Crippen molar-refractivity contribution >= 4 is 6.21 Å². The SMILES string of the molecule is C=C(/N=C\C=C/CC)C(C)(C)CC(C)(CC)CC. The van der Waals surface area contributed by atoms with Crippen molar-refractivity contribution in [2.24, 2.45) is 15.8 Å². The van der Waals surface area contributed by atoms with E-state index in [1.165, 1.54) is 12.8 Å². The van der Waals surface area contributed by atoms with Gasteiger partial charge in [-0.2, -0.15) is 0 Å². The number of hydrogen-bond donors (Lipinski definition) is 0. The van der Waals surface area contributed by atoms with Crippen LogP contribution in [0.5, 0.6) is 0 Å². The molecule has 0 fully saturated rings. The molecule has 0 aliphatic rings. The number of rotatable bonds is 8. The molecule has 104 valence electrons. The third kappa shape index (κ3) is 5.66. The molecule has 0 atom stereocenters. The first kappa shape index (κ1) is 17.2. The molecule has 0 saturated carbocycles. The Balaban J connectivity index is 4.67. The van der Waals surface area contributed by atoms with Gasteiger partial charge in [0, 0.05) is 17.3 Å². The zero-order chi connectivity index (χ0) is 14.2. The predicted molar refractivity (Wildman–Crippen MR) is 84.2 cm³/mol. The maximum absolute atomic E-state index is 4.48. The van der Waals surface area contributed by atoms with Crippen molar-refractivity contribution in [3.8, 4) is 0 Å². The smallest absolute Gasteiger partial charge is 0.0388 e. The molecule has 0 radical (unpaired) electrons. The number of allylic oxidation sites excluding steroid dienone is 3. The van der Waals surface area contributed by atoms with Gasteiger partial charge in [0.15, 0.2) is 0 Å². The second kappa shape index (κ2) is 7.56. The zero-order valence-electron chi connectivity index (χ0n) is 13.2. The van der Waals surface area contributed by atoms with E-state index in [-0.39, 0.29) is 5.41 Å². The molecular weight excluding hydrogens is 218 g/mol. The lowest BCUT2D eigenvalue weighted by molar-refractivity contribution is 0.189.